The van der Waals surface area contributed by atoms with Crippen LogP contribution in [0, 0.1) is 0 Å². The molecule has 180 valence electrons. The number of benzene rings is 2. The number of anilines is 4. The van der Waals surface area contributed by atoms with E-state index < -0.39 is 19.7 Å². The minimum atomic E-state index is -3.45. The summed E-state index contributed by atoms with van der Waals surface area (Å²) < 4.78 is 48.3. The lowest BCUT2D eigenvalue weighted by Gasteiger charge is -2.26. The van der Waals surface area contributed by atoms with Gasteiger partial charge in [-0.3, -0.25) is 4.98 Å². The highest BCUT2D eigenvalue weighted by molar-refractivity contribution is 7.91. The van der Waals surface area contributed by atoms with Gasteiger partial charge in [0.05, 0.1) is 33.9 Å². The lowest BCUT2D eigenvalue weighted by molar-refractivity contribution is 0.600. The second-order valence-electron chi connectivity index (χ2n) is 7.97. The Kier molecular flexibility index (Phi) is 6.86. The van der Waals surface area contributed by atoms with Crippen LogP contribution in [-0.2, 0) is 26.2 Å². The van der Waals surface area contributed by atoms with Crippen molar-refractivity contribution in [3.05, 3.63) is 97.0 Å². The van der Waals surface area contributed by atoms with Crippen LogP contribution in [0.25, 0.3) is 0 Å². The number of hydrogen-bond acceptors (Lipinski definition) is 8. The van der Waals surface area contributed by atoms with Crippen molar-refractivity contribution in [3.8, 4) is 0 Å². The number of aromatic nitrogens is 2. The Morgan fingerprint density at radius 1 is 0.771 bits per heavy atom. The first-order chi connectivity index (χ1) is 16.6. The van der Waals surface area contributed by atoms with E-state index in [2.05, 4.69) is 15.3 Å². The molecule has 0 aliphatic carbocycles. The molecule has 1 N–H and O–H groups in total. The van der Waals surface area contributed by atoms with Crippen LogP contribution in [0.4, 0.5) is 22.9 Å². The molecule has 4 rings (SSSR count). The summed E-state index contributed by atoms with van der Waals surface area (Å²) >= 11 is 0. The summed E-state index contributed by atoms with van der Waals surface area (Å²) in [6, 6.07) is 20.7. The highest BCUT2D eigenvalue weighted by Crippen LogP contribution is 2.31. The third-order valence-corrected chi connectivity index (χ3v) is 7.58. The fourth-order valence-corrected chi connectivity index (χ4v) is 5.06. The van der Waals surface area contributed by atoms with E-state index >= 15 is 0 Å². The molecule has 0 atom stereocenters. The van der Waals surface area contributed by atoms with Crippen LogP contribution < -0.4 is 10.2 Å². The van der Waals surface area contributed by atoms with Gasteiger partial charge in [-0.15, -0.1) is 0 Å². The molecule has 0 fully saturated rings. The maximum Gasteiger partial charge on any atom is 0.177 e. The van der Waals surface area contributed by atoms with E-state index in [-0.39, 0.29) is 9.79 Å². The van der Waals surface area contributed by atoms with Crippen molar-refractivity contribution in [2.24, 2.45) is 0 Å². The molecule has 2 aromatic carbocycles. The highest BCUT2D eigenvalue weighted by atomic mass is 32.2. The van der Waals surface area contributed by atoms with Gasteiger partial charge in [0, 0.05) is 36.2 Å². The van der Waals surface area contributed by atoms with Crippen molar-refractivity contribution in [2.75, 3.05) is 22.7 Å². The van der Waals surface area contributed by atoms with Gasteiger partial charge in [0.15, 0.2) is 19.7 Å². The summed E-state index contributed by atoms with van der Waals surface area (Å²) in [4.78, 5) is 11.1. The summed E-state index contributed by atoms with van der Waals surface area (Å²) in [5.41, 5.74) is 2.79. The van der Waals surface area contributed by atoms with Gasteiger partial charge >= 0.3 is 0 Å². The topological polar surface area (TPSA) is 109 Å². The van der Waals surface area contributed by atoms with Gasteiger partial charge in [-0.05, 0) is 54.6 Å². The number of sulfone groups is 2. The van der Waals surface area contributed by atoms with Gasteiger partial charge < -0.3 is 10.2 Å². The smallest absolute Gasteiger partial charge is 0.177 e. The van der Waals surface area contributed by atoms with E-state index in [0.717, 1.165) is 23.2 Å². The molecule has 35 heavy (non-hydrogen) atoms. The second kappa shape index (κ2) is 9.85. The van der Waals surface area contributed by atoms with Crippen LogP contribution >= 0.6 is 0 Å². The van der Waals surface area contributed by atoms with E-state index in [1.165, 1.54) is 6.26 Å². The first-order valence-electron chi connectivity index (χ1n) is 10.6. The predicted molar refractivity (Wildman–Crippen MR) is 137 cm³/mol. The van der Waals surface area contributed by atoms with E-state index in [1.807, 2.05) is 23.1 Å². The van der Waals surface area contributed by atoms with Crippen LogP contribution in [0.5, 0.6) is 0 Å². The number of pyridine rings is 2. The van der Waals surface area contributed by atoms with Crippen molar-refractivity contribution >= 4 is 42.6 Å². The molecule has 0 saturated carbocycles. The minimum absolute atomic E-state index is 0.178. The first-order valence-corrected chi connectivity index (χ1v) is 14.4. The SMILES string of the molecule is CS(=O)(=O)c1ccc(N(Cc2cccnc2Nc2ccccc2S(C)(=O)=O)c2cccnc2)cc1. The summed E-state index contributed by atoms with van der Waals surface area (Å²) in [6.45, 7) is 0.362. The Labute approximate surface area is 205 Å². The van der Waals surface area contributed by atoms with Crippen molar-refractivity contribution in [1.29, 1.82) is 0 Å². The average Bonchev–Trinajstić information content (AvgIpc) is 2.83. The number of nitrogens with one attached hydrogen (secondary N) is 1. The average molecular weight is 509 g/mol. The number of para-hydroxylation sites is 1. The fraction of sp³-hybridized carbons (Fsp3) is 0.120. The normalized spacial score (nSPS) is 11.7. The maximum atomic E-state index is 12.3. The second-order valence-corrected chi connectivity index (χ2v) is 12.0. The standard InChI is InChI=1S/C25H24N4O4S2/c1-34(30,31)22-13-11-20(12-14-22)29(21-8-6-15-26-17-21)18-19-7-5-16-27-25(19)28-23-9-3-4-10-24(23)35(2,32)33/h3-17H,18H2,1-2H3,(H,27,28). The third kappa shape index (κ3) is 5.84. The van der Waals surface area contributed by atoms with Crippen LogP contribution in [-0.4, -0.2) is 39.3 Å². The lowest BCUT2D eigenvalue weighted by Crippen LogP contribution is -2.18. The molecule has 0 radical (unpaired) electrons. The molecule has 0 bridgehead atoms. The Morgan fingerprint density at radius 3 is 2.14 bits per heavy atom. The van der Waals surface area contributed by atoms with Gasteiger partial charge in [0.2, 0.25) is 0 Å². The number of nitrogens with zero attached hydrogens (tertiary/aromatic N) is 3. The predicted octanol–water partition coefficient (Wildman–Crippen LogP) is 4.37. The van der Waals surface area contributed by atoms with E-state index in [9.17, 15) is 16.8 Å². The lowest BCUT2D eigenvalue weighted by atomic mass is 10.2. The molecular weight excluding hydrogens is 484 g/mol. The van der Waals surface area contributed by atoms with Crippen LogP contribution in [0.2, 0.25) is 0 Å². The minimum Gasteiger partial charge on any atom is -0.339 e. The van der Waals surface area contributed by atoms with Gasteiger partial charge in [-0.2, -0.15) is 0 Å². The van der Waals surface area contributed by atoms with Crippen molar-refractivity contribution in [3.63, 3.8) is 0 Å². The van der Waals surface area contributed by atoms with Crippen molar-refractivity contribution < 1.29 is 16.8 Å². The van der Waals surface area contributed by atoms with Crippen LogP contribution in [0.1, 0.15) is 5.56 Å². The monoisotopic (exact) mass is 508 g/mol. The van der Waals surface area contributed by atoms with Crippen LogP contribution in [0.15, 0.2) is 101 Å². The molecule has 0 aliphatic rings. The summed E-state index contributed by atoms with van der Waals surface area (Å²) in [5, 5.41) is 3.17. The van der Waals surface area contributed by atoms with Gasteiger partial charge in [-0.25, -0.2) is 21.8 Å². The maximum absolute atomic E-state index is 12.3. The Bertz CT molecular complexity index is 1540. The summed E-state index contributed by atoms with van der Waals surface area (Å²) in [7, 11) is -6.78. The zero-order chi connectivity index (χ0) is 25.1. The zero-order valence-corrected chi connectivity index (χ0v) is 20.8. The van der Waals surface area contributed by atoms with Gasteiger partial charge in [-0.1, -0.05) is 18.2 Å². The van der Waals surface area contributed by atoms with Crippen molar-refractivity contribution in [1.82, 2.24) is 9.97 Å². The molecule has 0 saturated heterocycles. The molecule has 0 spiro atoms. The van der Waals surface area contributed by atoms with Gasteiger partial charge in [0.1, 0.15) is 5.82 Å². The van der Waals surface area contributed by atoms with Crippen LogP contribution in [0.3, 0.4) is 0 Å². The molecule has 2 aromatic heterocycles. The first kappa shape index (κ1) is 24.4. The highest BCUT2D eigenvalue weighted by Gasteiger charge is 2.17. The number of hydrogen-bond donors (Lipinski definition) is 1. The zero-order valence-electron chi connectivity index (χ0n) is 19.2. The Balaban J connectivity index is 1.73. The molecule has 2 heterocycles. The van der Waals surface area contributed by atoms with Crippen molar-refractivity contribution in [2.45, 2.75) is 16.3 Å². The quantitative estimate of drug-likeness (QED) is 0.374. The summed E-state index contributed by atoms with van der Waals surface area (Å²) in [6.07, 6.45) is 7.35. The van der Waals surface area contributed by atoms with E-state index in [4.69, 9.17) is 0 Å². The number of rotatable bonds is 8. The fourth-order valence-electron chi connectivity index (χ4n) is 3.59. The van der Waals surface area contributed by atoms with E-state index in [0.29, 0.717) is 18.1 Å². The Morgan fingerprint density at radius 2 is 1.49 bits per heavy atom. The third-order valence-electron chi connectivity index (χ3n) is 5.29. The molecule has 10 heteroatoms. The Hall–Kier alpha value is -3.76. The molecule has 0 unspecified atom stereocenters. The molecule has 0 aliphatic heterocycles. The molecule has 0 amide bonds. The molecular formula is C25H24N4O4S2. The molecule has 4 aromatic rings. The summed E-state index contributed by atoms with van der Waals surface area (Å²) in [5.74, 6) is 0.505. The van der Waals surface area contributed by atoms with Gasteiger partial charge in [0.25, 0.3) is 0 Å². The van der Waals surface area contributed by atoms with E-state index in [1.54, 1.807) is 73.2 Å². The molecule has 8 nitrogen and oxygen atoms in total. The largest absolute Gasteiger partial charge is 0.339 e.